The standard InChI is InChI=1S/C39H42N2O8/c1-23(2)17-31(36-33(42)19-39(3,4)20-34(36)43)40-25-15-13-24(14-16-25)21-48-37(46)32(18-35(44)45)41-38(47)49-22-30-28-11-7-5-9-26(28)27-10-6-8-12-29(27)30/h5-16,23,30,32,42H,17-22H2,1-4H3,(H,41,47)(H,44,45)/t32-/m0/s1. The summed E-state index contributed by atoms with van der Waals surface area (Å²) in [6.07, 6.45) is -0.382. The molecule has 2 aliphatic rings. The highest BCUT2D eigenvalue weighted by molar-refractivity contribution is 6.23. The second kappa shape index (κ2) is 14.9. The first kappa shape index (κ1) is 35.1. The van der Waals surface area contributed by atoms with Crippen molar-refractivity contribution in [2.75, 3.05) is 6.61 Å². The summed E-state index contributed by atoms with van der Waals surface area (Å²) in [5.41, 5.74) is 5.84. The number of ether oxygens (including phenoxy) is 2. The Morgan fingerprint density at radius 3 is 2.08 bits per heavy atom. The summed E-state index contributed by atoms with van der Waals surface area (Å²) in [6.45, 7) is 7.76. The number of fused-ring (bicyclic) bond motifs is 3. The minimum absolute atomic E-state index is 0.00542. The molecule has 0 fully saturated rings. The summed E-state index contributed by atoms with van der Waals surface area (Å²) >= 11 is 0. The Labute approximate surface area is 285 Å². The average Bonchev–Trinajstić information content (AvgIpc) is 3.35. The lowest BCUT2D eigenvalue weighted by atomic mass is 9.75. The zero-order valence-corrected chi connectivity index (χ0v) is 28.2. The number of benzene rings is 3. The van der Waals surface area contributed by atoms with E-state index < -0.39 is 30.5 Å². The van der Waals surface area contributed by atoms with Crippen molar-refractivity contribution in [1.82, 2.24) is 5.32 Å². The number of aliphatic hydroxyl groups excluding tert-OH is 1. The molecule has 0 radical (unpaired) electrons. The molecule has 256 valence electrons. The molecule has 3 aromatic rings. The van der Waals surface area contributed by atoms with Crippen molar-refractivity contribution in [2.24, 2.45) is 16.3 Å². The highest BCUT2D eigenvalue weighted by atomic mass is 16.6. The number of nitrogens with one attached hydrogen (secondary N) is 1. The van der Waals surface area contributed by atoms with Crippen LogP contribution in [0.4, 0.5) is 10.5 Å². The number of aliphatic imine (C=N–C) groups is 1. The Hall–Kier alpha value is -5.25. The van der Waals surface area contributed by atoms with Crippen molar-refractivity contribution < 1.29 is 38.9 Å². The van der Waals surface area contributed by atoms with E-state index in [0.29, 0.717) is 41.8 Å². The maximum atomic E-state index is 13.0. The molecule has 0 heterocycles. The van der Waals surface area contributed by atoms with E-state index in [1.54, 1.807) is 24.3 Å². The van der Waals surface area contributed by atoms with Crippen LogP contribution in [0.5, 0.6) is 0 Å². The van der Waals surface area contributed by atoms with Crippen molar-refractivity contribution in [3.63, 3.8) is 0 Å². The summed E-state index contributed by atoms with van der Waals surface area (Å²) in [7, 11) is 0. The first-order valence-corrected chi connectivity index (χ1v) is 16.4. The molecule has 5 rings (SSSR count). The molecule has 0 bridgehead atoms. The van der Waals surface area contributed by atoms with Crippen LogP contribution in [0.15, 0.2) is 89.1 Å². The maximum absolute atomic E-state index is 13.0. The number of nitrogens with zero attached hydrogens (tertiary/aromatic N) is 1. The molecule has 2 aliphatic carbocycles. The van der Waals surface area contributed by atoms with Crippen molar-refractivity contribution >= 4 is 35.2 Å². The van der Waals surface area contributed by atoms with E-state index in [1.807, 2.05) is 76.2 Å². The zero-order valence-electron chi connectivity index (χ0n) is 28.2. The third kappa shape index (κ3) is 8.62. The van der Waals surface area contributed by atoms with Crippen molar-refractivity contribution in [3.05, 3.63) is 101 Å². The van der Waals surface area contributed by atoms with E-state index >= 15 is 0 Å². The summed E-state index contributed by atoms with van der Waals surface area (Å²) < 4.78 is 10.9. The number of aliphatic hydroxyl groups is 1. The predicted octanol–water partition coefficient (Wildman–Crippen LogP) is 7.43. The van der Waals surface area contributed by atoms with Crippen LogP contribution in [0.25, 0.3) is 11.1 Å². The van der Waals surface area contributed by atoms with Crippen LogP contribution < -0.4 is 5.32 Å². The molecular weight excluding hydrogens is 624 g/mol. The fourth-order valence-corrected chi connectivity index (χ4v) is 6.43. The number of carboxylic acids is 1. The highest BCUT2D eigenvalue weighted by Gasteiger charge is 2.35. The number of amides is 1. The molecule has 0 saturated carbocycles. The topological polar surface area (TPSA) is 152 Å². The normalized spacial score (nSPS) is 16.2. The van der Waals surface area contributed by atoms with Crippen molar-refractivity contribution in [1.29, 1.82) is 0 Å². The van der Waals surface area contributed by atoms with Gasteiger partial charge in [0.05, 0.1) is 23.4 Å². The van der Waals surface area contributed by atoms with Gasteiger partial charge in [-0.05, 0) is 57.7 Å². The van der Waals surface area contributed by atoms with Gasteiger partial charge in [-0.25, -0.2) is 9.59 Å². The second-order valence-corrected chi connectivity index (χ2v) is 13.8. The molecule has 3 aromatic carbocycles. The number of aliphatic carboxylic acids is 1. The Morgan fingerprint density at radius 2 is 1.51 bits per heavy atom. The Kier molecular flexibility index (Phi) is 10.7. The van der Waals surface area contributed by atoms with E-state index in [2.05, 4.69) is 5.32 Å². The number of hydrogen-bond acceptors (Lipinski definition) is 8. The number of Topliss-reactive ketones (excluding diaryl/α,β-unsaturated/α-hetero) is 1. The molecule has 10 heteroatoms. The molecule has 0 unspecified atom stereocenters. The zero-order chi connectivity index (χ0) is 35.3. The predicted molar refractivity (Wildman–Crippen MR) is 185 cm³/mol. The number of rotatable bonds is 12. The first-order valence-electron chi connectivity index (χ1n) is 16.4. The molecular formula is C39H42N2O8. The lowest BCUT2D eigenvalue weighted by Crippen LogP contribution is -2.43. The van der Waals surface area contributed by atoms with Gasteiger partial charge in [0.1, 0.15) is 25.0 Å². The average molecular weight is 667 g/mol. The van der Waals surface area contributed by atoms with E-state index in [4.69, 9.17) is 14.5 Å². The lowest BCUT2D eigenvalue weighted by molar-refractivity contribution is -0.151. The van der Waals surface area contributed by atoms with E-state index in [-0.39, 0.29) is 42.0 Å². The molecule has 3 N–H and O–H groups in total. The number of carboxylic acid groups (broad SMARTS) is 1. The number of alkyl carbamates (subject to hydrolysis) is 1. The van der Waals surface area contributed by atoms with Crippen LogP contribution >= 0.6 is 0 Å². The summed E-state index contributed by atoms with van der Waals surface area (Å²) in [4.78, 5) is 55.0. The summed E-state index contributed by atoms with van der Waals surface area (Å²) in [5, 5.41) is 22.5. The summed E-state index contributed by atoms with van der Waals surface area (Å²) in [6, 6.07) is 21.1. The quantitative estimate of drug-likeness (QED) is 0.133. The summed E-state index contributed by atoms with van der Waals surface area (Å²) in [5.74, 6) is -2.28. The largest absolute Gasteiger partial charge is 0.511 e. The minimum atomic E-state index is -1.46. The van der Waals surface area contributed by atoms with Crippen molar-refractivity contribution in [3.8, 4) is 11.1 Å². The Morgan fingerprint density at radius 1 is 0.898 bits per heavy atom. The fraction of sp³-hybridized carbons (Fsp3) is 0.359. The SMILES string of the molecule is CC(C)CC(=Nc1ccc(COC(=O)[C@H](CC(=O)O)NC(=O)OCC2c3ccccc3-c3ccccc32)cc1)C1=C(O)CC(C)(C)CC1=O. The van der Waals surface area contributed by atoms with Crippen molar-refractivity contribution in [2.45, 2.75) is 71.9 Å². The lowest BCUT2D eigenvalue weighted by Gasteiger charge is -2.30. The fourth-order valence-electron chi connectivity index (χ4n) is 6.43. The maximum Gasteiger partial charge on any atom is 0.407 e. The van der Waals surface area contributed by atoms with Gasteiger partial charge in [-0.3, -0.25) is 14.6 Å². The van der Waals surface area contributed by atoms with E-state index in [1.165, 1.54) is 0 Å². The number of carbonyl (C=O) groups is 4. The first-order chi connectivity index (χ1) is 23.3. The van der Waals surface area contributed by atoms with Gasteiger partial charge in [-0.1, -0.05) is 88.4 Å². The van der Waals surface area contributed by atoms with E-state index in [0.717, 1.165) is 22.3 Å². The molecule has 0 aromatic heterocycles. The molecule has 1 amide bonds. The smallest absolute Gasteiger partial charge is 0.407 e. The van der Waals surface area contributed by atoms with Gasteiger partial charge in [0.25, 0.3) is 0 Å². The van der Waals surface area contributed by atoms with Crippen LogP contribution in [-0.4, -0.2) is 52.4 Å². The van der Waals surface area contributed by atoms with Gasteiger partial charge in [0.2, 0.25) is 0 Å². The van der Waals surface area contributed by atoms with Gasteiger partial charge < -0.3 is 25.0 Å². The van der Waals surface area contributed by atoms with Crippen LogP contribution in [0, 0.1) is 11.3 Å². The third-order valence-corrected chi connectivity index (χ3v) is 8.62. The number of allylic oxidation sites excluding steroid dienone is 2. The van der Waals surface area contributed by atoms with Gasteiger partial charge in [0.15, 0.2) is 5.78 Å². The van der Waals surface area contributed by atoms with Gasteiger partial charge >= 0.3 is 18.0 Å². The molecule has 1 atom stereocenters. The van der Waals surface area contributed by atoms with Crippen LogP contribution in [-0.2, 0) is 30.5 Å². The minimum Gasteiger partial charge on any atom is -0.511 e. The van der Waals surface area contributed by atoms with E-state index in [9.17, 15) is 29.4 Å². The Bertz CT molecular complexity index is 1760. The van der Waals surface area contributed by atoms with Crippen LogP contribution in [0.2, 0.25) is 0 Å². The Balaban J connectivity index is 1.21. The monoisotopic (exact) mass is 666 g/mol. The highest BCUT2D eigenvalue weighted by Crippen LogP contribution is 2.44. The molecule has 0 spiro atoms. The molecule has 0 saturated heterocycles. The second-order valence-electron chi connectivity index (χ2n) is 13.8. The van der Waals surface area contributed by atoms with Gasteiger partial charge in [-0.2, -0.15) is 0 Å². The number of hydrogen-bond donors (Lipinski definition) is 3. The molecule has 49 heavy (non-hydrogen) atoms. The molecule has 0 aliphatic heterocycles. The molecule has 10 nitrogen and oxygen atoms in total. The number of esters is 1. The number of ketones is 1. The van der Waals surface area contributed by atoms with Crippen LogP contribution in [0.1, 0.15) is 76.0 Å². The van der Waals surface area contributed by atoms with Gasteiger partial charge in [-0.15, -0.1) is 0 Å². The third-order valence-electron chi connectivity index (χ3n) is 8.62. The van der Waals surface area contributed by atoms with Crippen LogP contribution in [0.3, 0.4) is 0 Å². The van der Waals surface area contributed by atoms with Gasteiger partial charge in [0, 0.05) is 18.8 Å². The number of carbonyl (C=O) groups excluding carboxylic acids is 3.